The van der Waals surface area contributed by atoms with Gasteiger partial charge in [0, 0.05) is 19.1 Å². The third kappa shape index (κ3) is 3.16. The first-order valence-electron chi connectivity index (χ1n) is 6.72. The first kappa shape index (κ1) is 13.2. The largest absolute Gasteiger partial charge is 0.353 e. The van der Waals surface area contributed by atoms with Crippen molar-refractivity contribution in [3.8, 4) is 0 Å². The zero-order chi connectivity index (χ0) is 13.1. The number of aryl methyl sites for hydroxylation is 2. The van der Waals surface area contributed by atoms with E-state index in [1.165, 1.54) is 19.5 Å². The van der Waals surface area contributed by atoms with Crippen LogP contribution in [-0.4, -0.2) is 45.8 Å². The van der Waals surface area contributed by atoms with Crippen molar-refractivity contribution >= 4 is 5.95 Å². The topological polar surface area (TPSA) is 53.9 Å². The molecule has 2 heterocycles. The van der Waals surface area contributed by atoms with Crippen LogP contribution in [0.25, 0.3) is 0 Å². The summed E-state index contributed by atoms with van der Waals surface area (Å²) in [5, 5.41) is 11.5. The summed E-state index contributed by atoms with van der Waals surface area (Å²) in [6, 6.07) is 0.648. The maximum Gasteiger partial charge on any atom is 0.242 e. The highest BCUT2D eigenvalue weighted by molar-refractivity contribution is 5.24. The van der Waals surface area contributed by atoms with Gasteiger partial charge in [0.2, 0.25) is 5.95 Å². The molecule has 0 spiro atoms. The molecule has 0 aliphatic carbocycles. The number of hydrogen-bond acceptors (Lipinski definition) is 5. The third-order valence-corrected chi connectivity index (χ3v) is 3.69. The predicted molar refractivity (Wildman–Crippen MR) is 72.6 cm³/mol. The standard InChI is InChI=1S/C13H23N5/c1-9(2)18-6-5-12(8-18)7-14-13-15-10(3)11(4)16-17-13/h9,12H,5-8H2,1-4H3,(H,14,15,17). The molecule has 0 amide bonds. The van der Waals surface area contributed by atoms with Crippen molar-refractivity contribution in [1.82, 2.24) is 20.1 Å². The van der Waals surface area contributed by atoms with Gasteiger partial charge in [0.25, 0.3) is 0 Å². The van der Waals surface area contributed by atoms with Gasteiger partial charge < -0.3 is 10.2 Å². The van der Waals surface area contributed by atoms with Gasteiger partial charge in [-0.2, -0.15) is 5.10 Å². The van der Waals surface area contributed by atoms with E-state index < -0.39 is 0 Å². The van der Waals surface area contributed by atoms with Crippen molar-refractivity contribution in [2.75, 3.05) is 25.0 Å². The van der Waals surface area contributed by atoms with Gasteiger partial charge in [-0.25, -0.2) is 4.98 Å². The first-order valence-corrected chi connectivity index (χ1v) is 6.72. The lowest BCUT2D eigenvalue weighted by Gasteiger charge is -2.20. The summed E-state index contributed by atoms with van der Waals surface area (Å²) in [7, 11) is 0. The second-order valence-corrected chi connectivity index (χ2v) is 5.43. The highest BCUT2D eigenvalue weighted by atomic mass is 15.2. The summed E-state index contributed by atoms with van der Waals surface area (Å²) >= 11 is 0. The van der Waals surface area contributed by atoms with E-state index in [4.69, 9.17) is 0 Å². The van der Waals surface area contributed by atoms with Crippen LogP contribution in [0.5, 0.6) is 0 Å². The zero-order valence-corrected chi connectivity index (χ0v) is 11.8. The normalized spacial score (nSPS) is 20.6. The Morgan fingerprint density at radius 3 is 2.67 bits per heavy atom. The molecule has 1 saturated heterocycles. The number of anilines is 1. The second kappa shape index (κ2) is 5.61. The summed E-state index contributed by atoms with van der Waals surface area (Å²) in [5.41, 5.74) is 1.84. The van der Waals surface area contributed by atoms with Gasteiger partial charge in [0.15, 0.2) is 0 Å². The van der Waals surface area contributed by atoms with Crippen molar-refractivity contribution < 1.29 is 0 Å². The predicted octanol–water partition coefficient (Wildman–Crippen LogP) is 1.63. The Bertz CT molecular complexity index is 404. The van der Waals surface area contributed by atoms with E-state index in [0.29, 0.717) is 17.9 Å². The molecule has 0 bridgehead atoms. The molecule has 1 aliphatic rings. The van der Waals surface area contributed by atoms with Gasteiger partial charge in [-0.05, 0) is 46.6 Å². The minimum absolute atomic E-state index is 0.648. The van der Waals surface area contributed by atoms with E-state index in [9.17, 15) is 0 Å². The van der Waals surface area contributed by atoms with E-state index >= 15 is 0 Å². The molecular weight excluding hydrogens is 226 g/mol. The fourth-order valence-electron chi connectivity index (χ4n) is 2.27. The molecule has 1 aliphatic heterocycles. The summed E-state index contributed by atoms with van der Waals surface area (Å²) in [4.78, 5) is 6.91. The highest BCUT2D eigenvalue weighted by Crippen LogP contribution is 2.18. The molecule has 1 aromatic heterocycles. The smallest absolute Gasteiger partial charge is 0.242 e. The van der Waals surface area contributed by atoms with Gasteiger partial charge in [-0.3, -0.25) is 0 Å². The summed E-state index contributed by atoms with van der Waals surface area (Å²) in [6.45, 7) is 11.7. The zero-order valence-electron chi connectivity index (χ0n) is 11.8. The van der Waals surface area contributed by atoms with E-state index in [2.05, 4.69) is 39.2 Å². The molecule has 100 valence electrons. The minimum atomic E-state index is 0.648. The van der Waals surface area contributed by atoms with Gasteiger partial charge in [-0.1, -0.05) is 0 Å². The molecule has 1 atom stereocenters. The van der Waals surface area contributed by atoms with Crippen molar-refractivity contribution in [3.05, 3.63) is 11.4 Å². The first-order chi connectivity index (χ1) is 8.56. The van der Waals surface area contributed by atoms with Crippen molar-refractivity contribution in [2.24, 2.45) is 5.92 Å². The maximum atomic E-state index is 4.39. The van der Waals surface area contributed by atoms with Crippen LogP contribution in [0, 0.1) is 19.8 Å². The van der Waals surface area contributed by atoms with Gasteiger partial charge >= 0.3 is 0 Å². The van der Waals surface area contributed by atoms with E-state index in [0.717, 1.165) is 17.9 Å². The maximum absolute atomic E-state index is 4.39. The molecule has 1 fully saturated rings. The van der Waals surface area contributed by atoms with Gasteiger partial charge in [0.05, 0.1) is 11.4 Å². The lowest BCUT2D eigenvalue weighted by Crippen LogP contribution is -2.29. The van der Waals surface area contributed by atoms with Crippen molar-refractivity contribution in [1.29, 1.82) is 0 Å². The SMILES string of the molecule is Cc1nnc(NCC2CCN(C(C)C)C2)nc1C. The van der Waals surface area contributed by atoms with Gasteiger partial charge in [0.1, 0.15) is 0 Å². The molecule has 2 rings (SSSR count). The number of nitrogens with one attached hydrogen (secondary N) is 1. The monoisotopic (exact) mass is 249 g/mol. The van der Waals surface area contributed by atoms with E-state index in [1.54, 1.807) is 0 Å². The van der Waals surface area contributed by atoms with Gasteiger partial charge in [-0.15, -0.1) is 5.10 Å². The Balaban J connectivity index is 1.83. The van der Waals surface area contributed by atoms with E-state index in [-0.39, 0.29) is 0 Å². The molecule has 0 aromatic carbocycles. The Morgan fingerprint density at radius 1 is 1.28 bits per heavy atom. The van der Waals surface area contributed by atoms with Crippen LogP contribution in [0.2, 0.25) is 0 Å². The number of aromatic nitrogens is 3. The van der Waals surface area contributed by atoms with Crippen LogP contribution in [-0.2, 0) is 0 Å². The molecule has 5 heteroatoms. The average molecular weight is 249 g/mol. The number of likely N-dealkylation sites (tertiary alicyclic amines) is 1. The van der Waals surface area contributed by atoms with Crippen molar-refractivity contribution in [2.45, 2.75) is 40.2 Å². The fourth-order valence-corrected chi connectivity index (χ4v) is 2.27. The van der Waals surface area contributed by atoms with Crippen LogP contribution in [0.15, 0.2) is 0 Å². The van der Waals surface area contributed by atoms with Crippen LogP contribution in [0.4, 0.5) is 5.95 Å². The van der Waals surface area contributed by atoms with Crippen LogP contribution in [0.3, 0.4) is 0 Å². The van der Waals surface area contributed by atoms with Crippen LogP contribution in [0.1, 0.15) is 31.7 Å². The van der Waals surface area contributed by atoms with Crippen molar-refractivity contribution in [3.63, 3.8) is 0 Å². The Hall–Kier alpha value is -1.23. The Labute approximate surface area is 109 Å². The number of hydrogen-bond donors (Lipinski definition) is 1. The quantitative estimate of drug-likeness (QED) is 0.879. The lowest BCUT2D eigenvalue weighted by atomic mass is 10.1. The minimum Gasteiger partial charge on any atom is -0.353 e. The highest BCUT2D eigenvalue weighted by Gasteiger charge is 2.23. The molecule has 0 radical (unpaired) electrons. The molecule has 1 unspecified atom stereocenters. The molecule has 1 aromatic rings. The number of rotatable bonds is 4. The molecule has 0 saturated carbocycles. The molecule has 1 N–H and O–H groups in total. The number of nitrogens with zero attached hydrogens (tertiary/aromatic N) is 4. The van der Waals surface area contributed by atoms with E-state index in [1.807, 2.05) is 13.8 Å². The molecule has 5 nitrogen and oxygen atoms in total. The van der Waals surface area contributed by atoms with Crippen LogP contribution >= 0.6 is 0 Å². The summed E-state index contributed by atoms with van der Waals surface area (Å²) < 4.78 is 0. The van der Waals surface area contributed by atoms with Crippen LogP contribution < -0.4 is 5.32 Å². The Morgan fingerprint density at radius 2 is 2.06 bits per heavy atom. The lowest BCUT2D eigenvalue weighted by molar-refractivity contribution is 0.266. The third-order valence-electron chi connectivity index (χ3n) is 3.69. The average Bonchev–Trinajstić information content (AvgIpc) is 2.79. The molecule has 18 heavy (non-hydrogen) atoms. The molecular formula is C13H23N5. The summed E-state index contributed by atoms with van der Waals surface area (Å²) in [6.07, 6.45) is 1.25. The Kier molecular flexibility index (Phi) is 4.11. The second-order valence-electron chi connectivity index (χ2n) is 5.43. The summed E-state index contributed by atoms with van der Waals surface area (Å²) in [5.74, 6) is 1.35. The fraction of sp³-hybridized carbons (Fsp3) is 0.769.